The standard InChI is InChI=1S/C8H8F6N2O/c1-6(2,3-15)16-5(17)4(7(9,10)11)8(12,13)14/h4H,1-2H3,(H,16,17). The van der Waals surface area contributed by atoms with Crippen molar-refractivity contribution in [2.45, 2.75) is 31.7 Å². The van der Waals surface area contributed by atoms with Crippen molar-refractivity contribution in [3.8, 4) is 6.07 Å². The van der Waals surface area contributed by atoms with E-state index < -0.39 is 29.7 Å². The minimum atomic E-state index is -5.76. The second-order valence-corrected chi connectivity index (χ2v) is 3.74. The SMILES string of the molecule is CC(C)(C#N)NC(=O)C(C(F)(F)F)C(F)(F)F. The Balaban J connectivity index is 5.14. The highest BCUT2D eigenvalue weighted by atomic mass is 19.4. The van der Waals surface area contributed by atoms with Gasteiger partial charge in [-0.3, -0.25) is 4.79 Å². The van der Waals surface area contributed by atoms with Gasteiger partial charge in [-0.05, 0) is 13.8 Å². The van der Waals surface area contributed by atoms with E-state index in [1.54, 1.807) is 0 Å². The van der Waals surface area contributed by atoms with Crippen LogP contribution in [-0.2, 0) is 4.79 Å². The van der Waals surface area contributed by atoms with Gasteiger partial charge in [-0.25, -0.2) is 0 Å². The number of carbonyl (C=O) groups is 1. The van der Waals surface area contributed by atoms with Crippen molar-refractivity contribution in [1.29, 1.82) is 5.26 Å². The van der Waals surface area contributed by atoms with Crippen LogP contribution in [0.1, 0.15) is 13.8 Å². The summed E-state index contributed by atoms with van der Waals surface area (Å²) < 4.78 is 72.5. The molecule has 0 spiro atoms. The van der Waals surface area contributed by atoms with Gasteiger partial charge in [0.25, 0.3) is 0 Å². The maximum Gasteiger partial charge on any atom is 0.409 e. The lowest BCUT2D eigenvalue weighted by molar-refractivity contribution is -0.274. The molecule has 98 valence electrons. The van der Waals surface area contributed by atoms with E-state index in [2.05, 4.69) is 0 Å². The number of rotatable bonds is 2. The van der Waals surface area contributed by atoms with Crippen molar-refractivity contribution in [2.75, 3.05) is 0 Å². The third-order valence-electron chi connectivity index (χ3n) is 1.63. The zero-order valence-electron chi connectivity index (χ0n) is 8.70. The van der Waals surface area contributed by atoms with E-state index in [1.165, 1.54) is 11.4 Å². The molecule has 0 atom stereocenters. The fraction of sp³-hybridized carbons (Fsp3) is 0.750. The van der Waals surface area contributed by atoms with Crippen LogP contribution in [0.2, 0.25) is 0 Å². The fourth-order valence-corrected chi connectivity index (χ4v) is 0.891. The summed E-state index contributed by atoms with van der Waals surface area (Å²) >= 11 is 0. The second kappa shape index (κ2) is 4.43. The van der Waals surface area contributed by atoms with Gasteiger partial charge >= 0.3 is 12.4 Å². The van der Waals surface area contributed by atoms with E-state index in [9.17, 15) is 31.1 Å². The molecule has 9 heteroatoms. The molecule has 0 rings (SSSR count). The Morgan fingerprint density at radius 1 is 1.12 bits per heavy atom. The highest BCUT2D eigenvalue weighted by molar-refractivity contribution is 5.81. The molecule has 0 fully saturated rings. The largest absolute Gasteiger partial charge is 0.409 e. The molecule has 0 bridgehead atoms. The lowest BCUT2D eigenvalue weighted by Gasteiger charge is -2.25. The number of nitrogens with zero attached hydrogens (tertiary/aromatic N) is 1. The van der Waals surface area contributed by atoms with Crippen LogP contribution in [0.25, 0.3) is 0 Å². The molecule has 17 heavy (non-hydrogen) atoms. The van der Waals surface area contributed by atoms with Crippen LogP contribution in [-0.4, -0.2) is 23.8 Å². The molecule has 0 aliphatic heterocycles. The molecule has 1 N–H and O–H groups in total. The summed E-state index contributed by atoms with van der Waals surface area (Å²) in [6, 6.07) is 1.36. The van der Waals surface area contributed by atoms with E-state index >= 15 is 0 Å². The average Bonchev–Trinajstić information content (AvgIpc) is 1.96. The van der Waals surface area contributed by atoms with Crippen LogP contribution in [0.4, 0.5) is 26.3 Å². The van der Waals surface area contributed by atoms with E-state index in [4.69, 9.17) is 5.26 Å². The van der Waals surface area contributed by atoms with Gasteiger partial charge in [-0.1, -0.05) is 0 Å². The van der Waals surface area contributed by atoms with Gasteiger partial charge in [0.05, 0.1) is 6.07 Å². The predicted molar refractivity (Wildman–Crippen MR) is 43.4 cm³/mol. The summed E-state index contributed by atoms with van der Waals surface area (Å²) in [4.78, 5) is 10.9. The van der Waals surface area contributed by atoms with Crippen LogP contribution in [0.15, 0.2) is 0 Å². The van der Waals surface area contributed by atoms with Gasteiger partial charge in [-0.15, -0.1) is 0 Å². The quantitative estimate of drug-likeness (QED) is 0.775. The van der Waals surface area contributed by atoms with Crippen LogP contribution >= 0.6 is 0 Å². The summed E-state index contributed by atoms with van der Waals surface area (Å²) in [6.07, 6.45) is -11.5. The van der Waals surface area contributed by atoms with Gasteiger partial charge < -0.3 is 5.32 Å². The van der Waals surface area contributed by atoms with E-state index in [-0.39, 0.29) is 0 Å². The average molecular weight is 262 g/mol. The zero-order valence-corrected chi connectivity index (χ0v) is 8.70. The lowest BCUT2D eigenvalue weighted by Crippen LogP contribution is -2.53. The molecule has 0 aliphatic rings. The zero-order chi connectivity index (χ0) is 14.1. The number of alkyl halides is 6. The van der Waals surface area contributed by atoms with Gasteiger partial charge in [0.15, 0.2) is 0 Å². The normalized spacial score (nSPS) is 13.4. The Labute approximate surface area is 92.4 Å². The maximum atomic E-state index is 12.1. The Bertz CT molecular complexity index is 323. The molecule has 3 nitrogen and oxygen atoms in total. The highest BCUT2D eigenvalue weighted by Gasteiger charge is 2.61. The van der Waals surface area contributed by atoms with Gasteiger partial charge in [0.1, 0.15) is 5.54 Å². The van der Waals surface area contributed by atoms with Gasteiger partial charge in [-0.2, -0.15) is 31.6 Å². The first-order valence-corrected chi connectivity index (χ1v) is 4.18. The van der Waals surface area contributed by atoms with E-state index in [1.807, 2.05) is 0 Å². The molecule has 0 aromatic carbocycles. The maximum absolute atomic E-state index is 12.1. The van der Waals surface area contributed by atoms with E-state index in [0.717, 1.165) is 13.8 Å². The third kappa shape index (κ3) is 4.50. The van der Waals surface area contributed by atoms with Crippen LogP contribution in [0.5, 0.6) is 0 Å². The minimum absolute atomic E-state index is 0.981. The first kappa shape index (κ1) is 15.5. The number of halogens is 6. The Kier molecular flexibility index (Phi) is 4.05. The van der Waals surface area contributed by atoms with Crippen molar-refractivity contribution in [2.24, 2.45) is 5.92 Å². The minimum Gasteiger partial charge on any atom is -0.337 e. The van der Waals surface area contributed by atoms with Crippen LogP contribution in [0.3, 0.4) is 0 Å². The molecule has 0 heterocycles. The summed E-state index contributed by atoms with van der Waals surface area (Å²) in [7, 11) is 0. The smallest absolute Gasteiger partial charge is 0.337 e. The third-order valence-corrected chi connectivity index (χ3v) is 1.63. The lowest BCUT2D eigenvalue weighted by atomic mass is 10.0. The van der Waals surface area contributed by atoms with Gasteiger partial charge in [0.2, 0.25) is 11.8 Å². The summed E-state index contributed by atoms with van der Waals surface area (Å²) in [5.74, 6) is -6.43. The molecule has 0 saturated carbocycles. The fourth-order valence-electron chi connectivity index (χ4n) is 0.891. The Hall–Kier alpha value is -1.46. The Morgan fingerprint density at radius 3 is 1.71 bits per heavy atom. The molecular weight excluding hydrogens is 254 g/mol. The first-order chi connectivity index (χ1) is 7.31. The van der Waals surface area contributed by atoms with Crippen molar-refractivity contribution < 1.29 is 31.1 Å². The number of hydrogen-bond donors (Lipinski definition) is 1. The van der Waals surface area contributed by atoms with Crippen LogP contribution in [0, 0.1) is 17.2 Å². The van der Waals surface area contributed by atoms with Crippen LogP contribution < -0.4 is 5.32 Å². The monoisotopic (exact) mass is 262 g/mol. The number of nitriles is 1. The molecule has 0 aromatic rings. The Morgan fingerprint density at radius 2 is 1.47 bits per heavy atom. The van der Waals surface area contributed by atoms with Crippen molar-refractivity contribution in [3.05, 3.63) is 0 Å². The number of carbonyl (C=O) groups excluding carboxylic acids is 1. The van der Waals surface area contributed by atoms with Gasteiger partial charge in [0, 0.05) is 0 Å². The molecule has 0 saturated heterocycles. The molecule has 0 aliphatic carbocycles. The van der Waals surface area contributed by atoms with Crippen molar-refractivity contribution in [1.82, 2.24) is 5.32 Å². The van der Waals surface area contributed by atoms with Crippen molar-refractivity contribution >= 4 is 5.91 Å². The second-order valence-electron chi connectivity index (χ2n) is 3.74. The first-order valence-electron chi connectivity index (χ1n) is 4.18. The molecule has 0 unspecified atom stereocenters. The molecule has 1 amide bonds. The van der Waals surface area contributed by atoms with E-state index in [0.29, 0.717) is 0 Å². The predicted octanol–water partition coefficient (Wildman–Crippen LogP) is 2.15. The topological polar surface area (TPSA) is 52.9 Å². The number of hydrogen-bond acceptors (Lipinski definition) is 2. The van der Waals surface area contributed by atoms with Crippen molar-refractivity contribution in [3.63, 3.8) is 0 Å². The summed E-state index contributed by atoms with van der Waals surface area (Å²) in [5.41, 5.74) is -1.81. The summed E-state index contributed by atoms with van der Waals surface area (Å²) in [5, 5.41) is 9.78. The number of nitrogens with one attached hydrogen (secondary N) is 1. The highest BCUT2D eigenvalue weighted by Crippen LogP contribution is 2.39. The molecular formula is C8H8F6N2O. The molecule has 0 aromatic heterocycles. The summed E-state index contributed by atoms with van der Waals surface area (Å²) in [6.45, 7) is 1.96. The number of amides is 1. The molecule has 0 radical (unpaired) electrons.